The monoisotopic (exact) mass is 350 g/mol. The molecule has 0 aromatic carbocycles. The number of rotatable bonds is 6. The van der Waals surface area contributed by atoms with E-state index < -0.39 is 60.6 Å². The highest BCUT2D eigenvalue weighted by molar-refractivity contribution is 5.69. The number of nitrogens with zero attached hydrogens (tertiary/aromatic N) is 1. The van der Waals surface area contributed by atoms with Crippen LogP contribution in [0.2, 0.25) is 0 Å². The van der Waals surface area contributed by atoms with Gasteiger partial charge in [-0.1, -0.05) is 0 Å². The van der Waals surface area contributed by atoms with Crippen molar-refractivity contribution in [3.05, 3.63) is 27.9 Å². The normalized spacial score (nSPS) is 31.6. The van der Waals surface area contributed by atoms with Crippen molar-refractivity contribution in [1.29, 1.82) is 0 Å². The average molecular weight is 350 g/mol. The smallest absolute Gasteiger partial charge is 0.357 e. The van der Waals surface area contributed by atoms with Crippen LogP contribution in [-0.2, 0) is 14.3 Å². The number of quaternary nitrogens is 1. The second-order valence-corrected chi connectivity index (χ2v) is 5.20. The molecule has 12 heteroatoms. The molecule has 1 aliphatic rings. The molecule has 12 nitrogen and oxygen atoms in total. The maximum atomic E-state index is 11.4. The first-order valence-corrected chi connectivity index (χ1v) is 7.05. The van der Waals surface area contributed by atoms with Gasteiger partial charge in [0.2, 0.25) is 0 Å². The number of carbonyl (C=O) groups is 1. The highest BCUT2D eigenvalue weighted by atomic mass is 16.8. The summed E-state index contributed by atoms with van der Waals surface area (Å²) in [7, 11) is 0. The molecule has 1 unspecified atom stereocenters. The van der Waals surface area contributed by atoms with E-state index in [1.807, 2.05) is 0 Å². The number of nitrogens with one attached hydrogen (secondary N) is 1. The lowest BCUT2D eigenvalue weighted by molar-refractivity contribution is -1.05. The summed E-state index contributed by atoms with van der Waals surface area (Å²) in [5.74, 6) is -0.821. The molecule has 1 aromatic heterocycles. The zero-order chi connectivity index (χ0) is 17.9. The van der Waals surface area contributed by atoms with Gasteiger partial charge in [0.25, 0.3) is 0 Å². The van der Waals surface area contributed by atoms with E-state index in [0.29, 0.717) is 0 Å². The van der Waals surface area contributed by atoms with Crippen LogP contribution in [0.3, 0.4) is 0 Å². The van der Waals surface area contributed by atoms with Gasteiger partial charge in [0.1, 0.15) is 37.6 Å². The van der Waals surface area contributed by atoms with Crippen molar-refractivity contribution in [3.8, 4) is 0 Å². The molecule has 0 aliphatic carbocycles. The van der Waals surface area contributed by atoms with E-state index in [-0.39, 0.29) is 6.42 Å². The number of esters is 1. The molecule has 1 fully saturated rings. The summed E-state index contributed by atoms with van der Waals surface area (Å²) in [4.78, 5) is 22.5. The molecule has 0 radical (unpaired) electrons. The van der Waals surface area contributed by atoms with Gasteiger partial charge in [-0.25, -0.2) is 15.2 Å². The van der Waals surface area contributed by atoms with E-state index in [4.69, 9.17) is 19.2 Å². The minimum Gasteiger partial charge on any atom is -0.600 e. The van der Waals surface area contributed by atoms with Gasteiger partial charge in [-0.05, 0) is 0 Å². The fourth-order valence-electron chi connectivity index (χ4n) is 2.17. The lowest BCUT2D eigenvalue weighted by Crippen LogP contribution is -3.04. The van der Waals surface area contributed by atoms with Gasteiger partial charge < -0.3 is 34.5 Å². The molecule has 136 valence electrons. The van der Waals surface area contributed by atoms with Crippen LogP contribution in [0.4, 0.5) is 0 Å². The SMILES string of the molecule is O=C(CC[NH+]([O-])O)OC[C@H]1O[C@@H](n2ccc(=O)o2)[C@H](O)[C@@H](O)[C@@H]1O. The van der Waals surface area contributed by atoms with Crippen LogP contribution in [0.1, 0.15) is 12.6 Å². The number of hydrogen-bond donors (Lipinski definition) is 5. The summed E-state index contributed by atoms with van der Waals surface area (Å²) in [6, 6.07) is 1.06. The second-order valence-electron chi connectivity index (χ2n) is 5.20. The zero-order valence-corrected chi connectivity index (χ0v) is 12.3. The van der Waals surface area contributed by atoms with Crippen LogP contribution >= 0.6 is 0 Å². The Morgan fingerprint density at radius 2 is 2.04 bits per heavy atom. The molecule has 2 rings (SSSR count). The van der Waals surface area contributed by atoms with Crippen LogP contribution in [0.15, 0.2) is 21.6 Å². The second kappa shape index (κ2) is 7.85. The van der Waals surface area contributed by atoms with Crippen LogP contribution in [0.25, 0.3) is 0 Å². The predicted molar refractivity (Wildman–Crippen MR) is 71.5 cm³/mol. The van der Waals surface area contributed by atoms with E-state index in [9.17, 15) is 30.1 Å². The topological polar surface area (TPSA) is 179 Å². The first kappa shape index (κ1) is 18.5. The van der Waals surface area contributed by atoms with Crippen LogP contribution in [0.5, 0.6) is 0 Å². The number of aliphatic hydroxyl groups is 3. The number of aromatic nitrogens is 1. The molecule has 1 aromatic rings. The highest BCUT2D eigenvalue weighted by Gasteiger charge is 2.45. The van der Waals surface area contributed by atoms with E-state index in [1.165, 1.54) is 6.20 Å². The van der Waals surface area contributed by atoms with Crippen molar-refractivity contribution in [3.63, 3.8) is 0 Å². The lowest BCUT2D eigenvalue weighted by Gasteiger charge is -2.39. The third kappa shape index (κ3) is 4.39. The Kier molecular flexibility index (Phi) is 6.06. The Balaban J connectivity index is 1.98. The Labute approximate surface area is 134 Å². The maximum absolute atomic E-state index is 11.4. The fraction of sp³-hybridized carbons (Fsp3) is 0.667. The standard InChI is InChI=1S/C12H18N2O10/c15-7(2-4-14(20)21)22-5-6-9(17)10(18)11(19)12(23-6)13-3-1-8(16)24-13/h1,3,6,9-12,14,17-20H,2,4-5H2/t6-,9-,10+,11-,12-/m1/s1. The molecule has 6 atom stereocenters. The molecular formula is C12H18N2O10. The molecule has 0 amide bonds. The zero-order valence-electron chi connectivity index (χ0n) is 12.3. The summed E-state index contributed by atoms with van der Waals surface area (Å²) in [5.41, 5.74) is -0.705. The van der Waals surface area contributed by atoms with Gasteiger partial charge in [0.15, 0.2) is 6.23 Å². The summed E-state index contributed by atoms with van der Waals surface area (Å²) in [6.45, 7) is -0.892. The summed E-state index contributed by atoms with van der Waals surface area (Å²) >= 11 is 0. The van der Waals surface area contributed by atoms with Crippen molar-refractivity contribution < 1.29 is 44.5 Å². The minimum atomic E-state index is -1.64. The molecule has 24 heavy (non-hydrogen) atoms. The van der Waals surface area contributed by atoms with Gasteiger partial charge in [-0.2, -0.15) is 4.74 Å². The Hall–Kier alpha value is -1.80. The van der Waals surface area contributed by atoms with Gasteiger partial charge >= 0.3 is 11.6 Å². The number of ether oxygens (including phenoxy) is 2. The molecule has 0 bridgehead atoms. The predicted octanol–water partition coefficient (Wildman–Crippen LogP) is -3.87. The summed E-state index contributed by atoms with van der Waals surface area (Å²) in [6.07, 6.45) is -6.50. The molecule has 1 saturated heterocycles. The number of hydrogen-bond acceptors (Lipinski definition) is 10. The van der Waals surface area contributed by atoms with E-state index in [1.54, 1.807) is 0 Å². The first-order chi connectivity index (χ1) is 11.3. The van der Waals surface area contributed by atoms with Gasteiger partial charge in [-0.15, -0.1) is 0 Å². The number of aliphatic hydroxyl groups excluding tert-OH is 3. The third-order valence-corrected chi connectivity index (χ3v) is 3.44. The van der Waals surface area contributed by atoms with E-state index >= 15 is 0 Å². The molecule has 2 heterocycles. The largest absolute Gasteiger partial charge is 0.600 e. The van der Waals surface area contributed by atoms with Crippen molar-refractivity contribution in [2.24, 2.45) is 0 Å². The van der Waals surface area contributed by atoms with Crippen LogP contribution in [0, 0.1) is 5.21 Å². The summed E-state index contributed by atoms with van der Waals surface area (Å²) in [5, 5.41) is 47.4. The molecule has 1 aliphatic heterocycles. The van der Waals surface area contributed by atoms with Crippen molar-refractivity contribution in [2.45, 2.75) is 37.1 Å². The van der Waals surface area contributed by atoms with Crippen LogP contribution < -0.4 is 10.9 Å². The molecule has 5 N–H and O–H groups in total. The van der Waals surface area contributed by atoms with Gasteiger partial charge in [0, 0.05) is 12.3 Å². The lowest BCUT2D eigenvalue weighted by atomic mass is 9.98. The van der Waals surface area contributed by atoms with Crippen molar-refractivity contribution in [2.75, 3.05) is 13.2 Å². The molecular weight excluding hydrogens is 332 g/mol. The Morgan fingerprint density at radius 1 is 1.33 bits per heavy atom. The number of carbonyl (C=O) groups excluding carboxylic acids is 1. The fourth-order valence-corrected chi connectivity index (χ4v) is 2.17. The van der Waals surface area contributed by atoms with Crippen LogP contribution in [-0.4, -0.2) is 68.8 Å². The van der Waals surface area contributed by atoms with E-state index in [2.05, 4.69) is 0 Å². The average Bonchev–Trinajstić information content (AvgIpc) is 2.96. The third-order valence-electron chi connectivity index (χ3n) is 3.44. The van der Waals surface area contributed by atoms with Gasteiger partial charge in [-0.3, -0.25) is 4.79 Å². The Bertz CT molecular complexity index is 599. The molecule has 0 saturated carbocycles. The minimum absolute atomic E-state index is 0.362. The Morgan fingerprint density at radius 3 is 2.62 bits per heavy atom. The first-order valence-electron chi connectivity index (χ1n) is 7.05. The van der Waals surface area contributed by atoms with E-state index in [0.717, 1.165) is 10.8 Å². The molecule has 0 spiro atoms. The van der Waals surface area contributed by atoms with Gasteiger partial charge in [0.05, 0.1) is 6.42 Å². The van der Waals surface area contributed by atoms with Crippen molar-refractivity contribution in [1.82, 2.24) is 4.74 Å². The maximum Gasteiger partial charge on any atom is 0.357 e. The number of hydroxylamine groups is 2. The summed E-state index contributed by atoms with van der Waals surface area (Å²) < 4.78 is 15.7. The van der Waals surface area contributed by atoms with Crippen molar-refractivity contribution >= 4 is 5.97 Å². The highest BCUT2D eigenvalue weighted by Crippen LogP contribution is 2.28. The quantitative estimate of drug-likeness (QED) is 0.252.